The number of nitrogens with one attached hydrogen (secondary N) is 2. The highest BCUT2D eigenvalue weighted by atomic mass is 35.5. The van der Waals surface area contributed by atoms with Gasteiger partial charge in [0.05, 0.1) is 6.42 Å². The molecular weight excluding hydrogens is 260 g/mol. The first kappa shape index (κ1) is 14.4. The summed E-state index contributed by atoms with van der Waals surface area (Å²) in [6, 6.07) is 4.21. The van der Waals surface area contributed by atoms with Gasteiger partial charge in [-0.15, -0.1) is 0 Å². The Kier molecular flexibility index (Phi) is 4.83. The van der Waals surface area contributed by atoms with Crippen molar-refractivity contribution in [2.24, 2.45) is 0 Å². The van der Waals surface area contributed by atoms with Gasteiger partial charge in [-0.2, -0.15) is 0 Å². The molecule has 1 heterocycles. The number of benzene rings is 1. The van der Waals surface area contributed by atoms with Gasteiger partial charge in [-0.25, -0.2) is 0 Å². The predicted octanol–water partition coefficient (Wildman–Crippen LogP) is 3.68. The zero-order valence-electron chi connectivity index (χ0n) is 11.6. The van der Waals surface area contributed by atoms with Gasteiger partial charge < -0.3 is 10.6 Å². The topological polar surface area (TPSA) is 41.1 Å². The van der Waals surface area contributed by atoms with Crippen molar-refractivity contribution >= 4 is 23.2 Å². The van der Waals surface area contributed by atoms with Crippen molar-refractivity contribution in [1.82, 2.24) is 5.32 Å². The van der Waals surface area contributed by atoms with Crippen molar-refractivity contribution in [3.05, 3.63) is 28.3 Å². The molecule has 1 aliphatic heterocycles. The first-order chi connectivity index (χ1) is 9.15. The number of halogens is 1. The number of amides is 1. The molecule has 1 aromatic carbocycles. The lowest BCUT2D eigenvalue weighted by molar-refractivity contribution is -0.115. The number of hydrogen-bond acceptors (Lipinski definition) is 2. The van der Waals surface area contributed by atoms with Gasteiger partial charge in [0.25, 0.3) is 0 Å². The second-order valence-corrected chi connectivity index (χ2v) is 5.50. The van der Waals surface area contributed by atoms with Gasteiger partial charge >= 0.3 is 0 Å². The maximum atomic E-state index is 11.4. The number of carbonyl (C=O) groups excluding carboxylic acids is 1. The van der Waals surface area contributed by atoms with E-state index in [2.05, 4.69) is 23.6 Å². The Balaban J connectivity index is 2.18. The molecule has 1 aliphatic rings. The lowest BCUT2D eigenvalue weighted by Gasteiger charge is -2.19. The summed E-state index contributed by atoms with van der Waals surface area (Å²) in [5.41, 5.74) is 3.03. The van der Waals surface area contributed by atoms with Crippen LogP contribution in [-0.2, 0) is 11.2 Å². The molecule has 0 radical (unpaired) electrons. The molecule has 4 heteroatoms. The monoisotopic (exact) mass is 280 g/mol. The van der Waals surface area contributed by atoms with E-state index in [-0.39, 0.29) is 11.9 Å². The van der Waals surface area contributed by atoms with Crippen LogP contribution in [0.1, 0.15) is 49.8 Å². The number of rotatable bonds is 6. The molecule has 1 atom stereocenters. The van der Waals surface area contributed by atoms with Crippen LogP contribution in [0.4, 0.5) is 5.69 Å². The van der Waals surface area contributed by atoms with Crippen LogP contribution >= 0.6 is 11.6 Å². The second kappa shape index (κ2) is 6.40. The van der Waals surface area contributed by atoms with Crippen molar-refractivity contribution in [2.75, 3.05) is 12.4 Å². The third-order valence-electron chi connectivity index (χ3n) is 3.67. The van der Waals surface area contributed by atoms with Gasteiger partial charge in [0.2, 0.25) is 5.91 Å². The minimum Gasteiger partial charge on any atom is -0.325 e. The lowest BCUT2D eigenvalue weighted by atomic mass is 9.97. The van der Waals surface area contributed by atoms with Crippen molar-refractivity contribution in [3.63, 3.8) is 0 Å². The molecule has 19 heavy (non-hydrogen) atoms. The van der Waals surface area contributed by atoms with E-state index in [9.17, 15) is 4.79 Å². The summed E-state index contributed by atoms with van der Waals surface area (Å²) in [7, 11) is 1.96. The fourth-order valence-electron chi connectivity index (χ4n) is 2.59. The lowest BCUT2D eigenvalue weighted by Crippen LogP contribution is -2.17. The van der Waals surface area contributed by atoms with Gasteiger partial charge in [-0.3, -0.25) is 4.79 Å². The minimum atomic E-state index is 0.0511. The van der Waals surface area contributed by atoms with Crippen molar-refractivity contribution in [3.8, 4) is 0 Å². The zero-order valence-corrected chi connectivity index (χ0v) is 12.3. The van der Waals surface area contributed by atoms with E-state index < -0.39 is 0 Å². The molecule has 0 saturated carbocycles. The van der Waals surface area contributed by atoms with Crippen LogP contribution in [0.3, 0.4) is 0 Å². The van der Waals surface area contributed by atoms with Crippen molar-refractivity contribution in [2.45, 2.75) is 45.1 Å². The summed E-state index contributed by atoms with van der Waals surface area (Å²) in [6.07, 6.45) is 5.18. The Morgan fingerprint density at radius 1 is 1.42 bits per heavy atom. The molecule has 1 unspecified atom stereocenters. The number of anilines is 1. The molecule has 104 valence electrons. The van der Waals surface area contributed by atoms with Gasteiger partial charge in [-0.1, -0.05) is 43.9 Å². The van der Waals surface area contributed by atoms with Crippen LogP contribution < -0.4 is 10.6 Å². The second-order valence-electron chi connectivity index (χ2n) is 5.09. The van der Waals surface area contributed by atoms with E-state index >= 15 is 0 Å². The zero-order chi connectivity index (χ0) is 13.8. The molecule has 2 N–H and O–H groups in total. The predicted molar refractivity (Wildman–Crippen MR) is 79.7 cm³/mol. The number of carbonyl (C=O) groups is 1. The molecule has 1 aromatic rings. The van der Waals surface area contributed by atoms with Crippen LogP contribution in [-0.4, -0.2) is 13.0 Å². The molecule has 0 aliphatic carbocycles. The smallest absolute Gasteiger partial charge is 0.228 e. The van der Waals surface area contributed by atoms with Crippen LogP contribution in [0.5, 0.6) is 0 Å². The van der Waals surface area contributed by atoms with Gasteiger partial charge in [0, 0.05) is 16.8 Å². The normalized spacial score (nSPS) is 15.2. The summed E-state index contributed by atoms with van der Waals surface area (Å²) in [5.74, 6) is 0.0511. The largest absolute Gasteiger partial charge is 0.325 e. The average Bonchev–Trinajstić information content (AvgIpc) is 2.73. The molecule has 0 fully saturated rings. The first-order valence-corrected chi connectivity index (χ1v) is 7.33. The highest BCUT2D eigenvalue weighted by Crippen LogP contribution is 2.34. The number of hydrogen-bond donors (Lipinski definition) is 2. The van der Waals surface area contributed by atoms with Crippen LogP contribution in [0, 0.1) is 0 Å². The Hall–Kier alpha value is -1.06. The summed E-state index contributed by atoms with van der Waals surface area (Å²) in [4.78, 5) is 11.4. The highest BCUT2D eigenvalue weighted by molar-refractivity contribution is 6.32. The molecule has 2 rings (SSSR count). The summed E-state index contributed by atoms with van der Waals surface area (Å²) < 4.78 is 0. The molecule has 1 amide bonds. The summed E-state index contributed by atoms with van der Waals surface area (Å²) in [6.45, 7) is 2.20. The summed E-state index contributed by atoms with van der Waals surface area (Å²) >= 11 is 6.35. The molecule has 3 nitrogen and oxygen atoms in total. The standard InChI is InChI=1S/C15H21ClN2O/c1-3-4-5-6-13(17-2)11-7-10-8-15(19)18-14(10)9-12(11)16/h7,9,13,17H,3-6,8H2,1-2H3,(H,18,19). The van der Waals surface area contributed by atoms with E-state index in [1.54, 1.807) is 0 Å². The van der Waals surface area contributed by atoms with Gasteiger partial charge in [0.15, 0.2) is 0 Å². The maximum Gasteiger partial charge on any atom is 0.228 e. The molecular formula is C15H21ClN2O. The number of fused-ring (bicyclic) bond motifs is 1. The Bertz CT molecular complexity index is 473. The van der Waals surface area contributed by atoms with E-state index in [1.165, 1.54) is 19.3 Å². The van der Waals surface area contributed by atoms with Gasteiger partial charge in [0.1, 0.15) is 0 Å². The highest BCUT2D eigenvalue weighted by Gasteiger charge is 2.22. The van der Waals surface area contributed by atoms with E-state index in [0.717, 1.165) is 28.3 Å². The Morgan fingerprint density at radius 3 is 2.89 bits per heavy atom. The van der Waals surface area contributed by atoms with Gasteiger partial charge in [-0.05, 0) is 30.7 Å². The minimum absolute atomic E-state index is 0.0511. The van der Waals surface area contributed by atoms with Crippen molar-refractivity contribution < 1.29 is 4.79 Å². The SMILES string of the molecule is CCCCCC(NC)c1cc2c(cc1Cl)NC(=O)C2. The molecule has 0 spiro atoms. The fourth-order valence-corrected chi connectivity index (χ4v) is 2.88. The van der Waals surface area contributed by atoms with E-state index in [4.69, 9.17) is 11.6 Å². The van der Waals surface area contributed by atoms with Crippen molar-refractivity contribution in [1.29, 1.82) is 0 Å². The molecule has 0 saturated heterocycles. The van der Waals surface area contributed by atoms with Crippen LogP contribution in [0.2, 0.25) is 5.02 Å². The third-order valence-corrected chi connectivity index (χ3v) is 4.00. The molecule has 0 aromatic heterocycles. The number of unbranched alkanes of at least 4 members (excludes halogenated alkanes) is 2. The average molecular weight is 281 g/mol. The quantitative estimate of drug-likeness (QED) is 0.781. The van der Waals surface area contributed by atoms with E-state index in [1.807, 2.05) is 13.1 Å². The maximum absolute atomic E-state index is 11.4. The third kappa shape index (κ3) is 3.28. The summed E-state index contributed by atoms with van der Waals surface area (Å²) in [5, 5.41) is 6.89. The molecule has 0 bridgehead atoms. The van der Waals surface area contributed by atoms with Crippen LogP contribution in [0.15, 0.2) is 12.1 Å². The Labute approximate surface area is 119 Å². The fraction of sp³-hybridized carbons (Fsp3) is 0.533. The van der Waals surface area contributed by atoms with Crippen LogP contribution in [0.25, 0.3) is 0 Å². The van der Waals surface area contributed by atoms with E-state index in [0.29, 0.717) is 6.42 Å². The first-order valence-electron chi connectivity index (χ1n) is 6.95. The Morgan fingerprint density at radius 2 is 2.21 bits per heavy atom.